The molecule has 0 fully saturated rings. The minimum absolute atomic E-state index is 0.126. The van der Waals surface area contributed by atoms with Gasteiger partial charge < -0.3 is 10.1 Å². The Bertz CT molecular complexity index is 670. The molecule has 4 heteroatoms. The molecule has 1 atom stereocenters. The number of hydrogen-bond acceptors (Lipinski definition) is 3. The van der Waals surface area contributed by atoms with E-state index in [4.69, 9.17) is 10.00 Å². The zero-order valence-electron chi connectivity index (χ0n) is 12.7. The van der Waals surface area contributed by atoms with Crippen molar-refractivity contribution in [3.8, 4) is 22.9 Å². The SMILES string of the molecule is CCNC(=O)[C@H](C)Oc1ccc(-c2ccc(C#N)cc2)cc1. The van der Waals surface area contributed by atoms with Crippen LogP contribution in [0.15, 0.2) is 48.5 Å². The summed E-state index contributed by atoms with van der Waals surface area (Å²) < 4.78 is 5.60. The van der Waals surface area contributed by atoms with Gasteiger partial charge in [0.15, 0.2) is 6.10 Å². The molecule has 0 bridgehead atoms. The minimum atomic E-state index is -0.527. The second-order valence-corrected chi connectivity index (χ2v) is 4.87. The Morgan fingerprint density at radius 3 is 2.18 bits per heavy atom. The molecule has 2 aromatic carbocycles. The number of nitrogens with one attached hydrogen (secondary N) is 1. The van der Waals surface area contributed by atoms with Crippen molar-refractivity contribution in [1.82, 2.24) is 5.32 Å². The minimum Gasteiger partial charge on any atom is -0.481 e. The molecule has 0 aliphatic heterocycles. The fourth-order valence-corrected chi connectivity index (χ4v) is 2.04. The molecule has 0 radical (unpaired) electrons. The van der Waals surface area contributed by atoms with Crippen molar-refractivity contribution in [3.05, 3.63) is 54.1 Å². The number of carbonyl (C=O) groups excluding carboxylic acids is 1. The molecule has 0 saturated heterocycles. The van der Waals surface area contributed by atoms with E-state index in [0.717, 1.165) is 11.1 Å². The number of nitriles is 1. The van der Waals surface area contributed by atoms with Gasteiger partial charge in [0, 0.05) is 6.54 Å². The molecule has 2 rings (SSSR count). The van der Waals surface area contributed by atoms with Crippen molar-refractivity contribution < 1.29 is 9.53 Å². The van der Waals surface area contributed by atoms with Gasteiger partial charge in [-0.3, -0.25) is 4.79 Å². The Morgan fingerprint density at radius 1 is 1.14 bits per heavy atom. The Kier molecular flexibility index (Phi) is 5.16. The van der Waals surface area contributed by atoms with Gasteiger partial charge in [0.25, 0.3) is 5.91 Å². The maximum atomic E-state index is 11.6. The first-order valence-electron chi connectivity index (χ1n) is 7.19. The van der Waals surface area contributed by atoms with Gasteiger partial charge in [0.2, 0.25) is 0 Å². The summed E-state index contributed by atoms with van der Waals surface area (Å²) in [6, 6.07) is 17.0. The van der Waals surface area contributed by atoms with Gasteiger partial charge in [-0.15, -0.1) is 0 Å². The zero-order valence-corrected chi connectivity index (χ0v) is 12.7. The van der Waals surface area contributed by atoms with E-state index in [1.807, 2.05) is 43.3 Å². The largest absolute Gasteiger partial charge is 0.481 e. The molecule has 0 aliphatic rings. The first-order valence-corrected chi connectivity index (χ1v) is 7.19. The predicted molar refractivity (Wildman–Crippen MR) is 85.4 cm³/mol. The molecule has 0 saturated carbocycles. The van der Waals surface area contributed by atoms with E-state index in [9.17, 15) is 4.79 Å². The first kappa shape index (κ1) is 15.6. The van der Waals surface area contributed by atoms with Crippen LogP contribution in [0.3, 0.4) is 0 Å². The van der Waals surface area contributed by atoms with Crippen LogP contribution in [0.25, 0.3) is 11.1 Å². The molecule has 1 amide bonds. The van der Waals surface area contributed by atoms with Crippen molar-refractivity contribution in [2.45, 2.75) is 20.0 Å². The van der Waals surface area contributed by atoms with Crippen LogP contribution >= 0.6 is 0 Å². The van der Waals surface area contributed by atoms with Gasteiger partial charge in [0.1, 0.15) is 5.75 Å². The summed E-state index contributed by atoms with van der Waals surface area (Å²) in [6.45, 7) is 4.18. The second kappa shape index (κ2) is 7.28. The molecule has 0 aromatic heterocycles. The molecular formula is C18H18N2O2. The third-order valence-corrected chi connectivity index (χ3v) is 3.23. The normalized spacial score (nSPS) is 11.3. The summed E-state index contributed by atoms with van der Waals surface area (Å²) in [4.78, 5) is 11.6. The third-order valence-electron chi connectivity index (χ3n) is 3.23. The number of amides is 1. The van der Waals surface area contributed by atoms with Crippen LogP contribution in [-0.4, -0.2) is 18.6 Å². The van der Waals surface area contributed by atoms with E-state index >= 15 is 0 Å². The van der Waals surface area contributed by atoms with E-state index in [1.165, 1.54) is 0 Å². The second-order valence-electron chi connectivity index (χ2n) is 4.87. The molecular weight excluding hydrogens is 276 g/mol. The number of rotatable bonds is 5. The lowest BCUT2D eigenvalue weighted by Crippen LogP contribution is -2.36. The zero-order chi connectivity index (χ0) is 15.9. The Labute approximate surface area is 130 Å². The van der Waals surface area contributed by atoms with Crippen molar-refractivity contribution in [2.75, 3.05) is 6.54 Å². The lowest BCUT2D eigenvalue weighted by atomic mass is 10.0. The highest BCUT2D eigenvalue weighted by atomic mass is 16.5. The van der Waals surface area contributed by atoms with Crippen molar-refractivity contribution in [2.24, 2.45) is 0 Å². The Balaban J connectivity index is 2.06. The fourth-order valence-electron chi connectivity index (χ4n) is 2.04. The number of nitrogens with zero attached hydrogens (tertiary/aromatic N) is 1. The molecule has 2 aromatic rings. The predicted octanol–water partition coefficient (Wildman–Crippen LogP) is 3.13. The number of likely N-dealkylation sites (N-methyl/N-ethyl adjacent to an activating group) is 1. The van der Waals surface area contributed by atoms with E-state index < -0.39 is 6.10 Å². The highest BCUT2D eigenvalue weighted by Crippen LogP contribution is 2.23. The maximum absolute atomic E-state index is 11.6. The Hall–Kier alpha value is -2.80. The topological polar surface area (TPSA) is 62.1 Å². The van der Waals surface area contributed by atoms with Gasteiger partial charge in [-0.1, -0.05) is 24.3 Å². The summed E-state index contributed by atoms with van der Waals surface area (Å²) in [6.07, 6.45) is -0.527. The smallest absolute Gasteiger partial charge is 0.260 e. The molecule has 0 aliphatic carbocycles. The summed E-state index contributed by atoms with van der Waals surface area (Å²) >= 11 is 0. The molecule has 0 spiro atoms. The number of hydrogen-bond donors (Lipinski definition) is 1. The number of ether oxygens (including phenoxy) is 1. The van der Waals surface area contributed by atoms with Crippen molar-refractivity contribution in [3.63, 3.8) is 0 Å². The van der Waals surface area contributed by atoms with Gasteiger partial charge in [0.05, 0.1) is 11.6 Å². The van der Waals surface area contributed by atoms with Crippen molar-refractivity contribution >= 4 is 5.91 Å². The summed E-state index contributed by atoms with van der Waals surface area (Å²) in [5.41, 5.74) is 2.70. The van der Waals surface area contributed by atoms with Gasteiger partial charge in [-0.2, -0.15) is 5.26 Å². The van der Waals surface area contributed by atoms with Crippen LogP contribution in [0, 0.1) is 11.3 Å². The van der Waals surface area contributed by atoms with Crippen LogP contribution in [0.2, 0.25) is 0 Å². The van der Waals surface area contributed by atoms with Gasteiger partial charge in [-0.25, -0.2) is 0 Å². The van der Waals surface area contributed by atoms with Crippen LogP contribution < -0.4 is 10.1 Å². The molecule has 22 heavy (non-hydrogen) atoms. The first-order chi connectivity index (χ1) is 10.6. The standard InChI is InChI=1S/C18H18N2O2/c1-3-20-18(21)13(2)22-17-10-8-16(9-11-17)15-6-4-14(12-19)5-7-15/h4-11,13H,3H2,1-2H3,(H,20,21)/t13-/m0/s1. The van der Waals surface area contributed by atoms with E-state index in [-0.39, 0.29) is 5.91 Å². The summed E-state index contributed by atoms with van der Waals surface area (Å²) in [5, 5.41) is 11.5. The quantitative estimate of drug-likeness (QED) is 0.921. The van der Waals surface area contributed by atoms with Crippen molar-refractivity contribution in [1.29, 1.82) is 5.26 Å². The van der Waals surface area contributed by atoms with Crippen LogP contribution in [0.1, 0.15) is 19.4 Å². The van der Waals surface area contributed by atoms with E-state index in [2.05, 4.69) is 11.4 Å². The summed E-state index contributed by atoms with van der Waals surface area (Å²) in [5.74, 6) is 0.523. The van der Waals surface area contributed by atoms with Crippen LogP contribution in [0.5, 0.6) is 5.75 Å². The molecule has 4 nitrogen and oxygen atoms in total. The molecule has 0 heterocycles. The molecule has 1 N–H and O–H groups in total. The van der Waals surface area contributed by atoms with E-state index in [0.29, 0.717) is 17.9 Å². The number of carbonyl (C=O) groups is 1. The lowest BCUT2D eigenvalue weighted by molar-refractivity contribution is -0.127. The van der Waals surface area contributed by atoms with Gasteiger partial charge >= 0.3 is 0 Å². The average molecular weight is 294 g/mol. The van der Waals surface area contributed by atoms with E-state index in [1.54, 1.807) is 19.1 Å². The third kappa shape index (κ3) is 3.86. The van der Waals surface area contributed by atoms with Crippen LogP contribution in [0.4, 0.5) is 0 Å². The summed E-state index contributed by atoms with van der Waals surface area (Å²) in [7, 11) is 0. The van der Waals surface area contributed by atoms with Crippen LogP contribution in [-0.2, 0) is 4.79 Å². The maximum Gasteiger partial charge on any atom is 0.260 e. The molecule has 0 unspecified atom stereocenters. The lowest BCUT2D eigenvalue weighted by Gasteiger charge is -2.14. The van der Waals surface area contributed by atoms with Gasteiger partial charge in [-0.05, 0) is 49.2 Å². The highest BCUT2D eigenvalue weighted by Gasteiger charge is 2.13. The highest BCUT2D eigenvalue weighted by molar-refractivity contribution is 5.80. The molecule has 112 valence electrons. The number of benzene rings is 2. The monoisotopic (exact) mass is 294 g/mol. The fraction of sp³-hybridized carbons (Fsp3) is 0.222. The average Bonchev–Trinajstić information content (AvgIpc) is 2.56. The Morgan fingerprint density at radius 2 is 1.68 bits per heavy atom.